The summed E-state index contributed by atoms with van der Waals surface area (Å²) in [6.45, 7) is 8.35. The highest BCUT2D eigenvalue weighted by Gasteiger charge is 2.29. The number of ketones is 1. The van der Waals surface area contributed by atoms with Crippen LogP contribution in [0.5, 0.6) is 0 Å². The van der Waals surface area contributed by atoms with Crippen LogP contribution in [0.2, 0.25) is 0 Å². The smallest absolute Gasteiger partial charge is 0.268 e. The van der Waals surface area contributed by atoms with Gasteiger partial charge in [-0.1, -0.05) is 23.8 Å². The zero-order chi connectivity index (χ0) is 26.9. The molecule has 7 nitrogen and oxygen atoms in total. The van der Waals surface area contributed by atoms with E-state index in [1.807, 2.05) is 25.1 Å². The molecule has 1 aromatic heterocycles. The van der Waals surface area contributed by atoms with Gasteiger partial charge >= 0.3 is 0 Å². The lowest BCUT2D eigenvalue weighted by atomic mass is 9.88. The van der Waals surface area contributed by atoms with Crippen molar-refractivity contribution in [3.63, 3.8) is 0 Å². The molecule has 0 unspecified atom stereocenters. The minimum Gasteiger partial charge on any atom is -0.382 e. The maximum atomic E-state index is 13.9. The molecule has 3 aromatic rings. The van der Waals surface area contributed by atoms with Crippen molar-refractivity contribution in [1.82, 2.24) is 13.8 Å². The molecule has 1 saturated heterocycles. The molecule has 2 heterocycles. The first kappa shape index (κ1) is 26.6. The molecular weight excluding hydrogens is 484 g/mol. The van der Waals surface area contributed by atoms with Gasteiger partial charge in [0.1, 0.15) is 17.3 Å². The number of allylic oxidation sites excluding steroid dienone is 1. The number of benzene rings is 2. The van der Waals surface area contributed by atoms with Gasteiger partial charge in [-0.3, -0.25) is 4.79 Å². The average Bonchev–Trinajstić information content (AvgIpc) is 3.26. The number of hydrogen-bond acceptors (Lipinski definition) is 6. The Bertz CT molecular complexity index is 1480. The highest BCUT2D eigenvalue weighted by Crippen LogP contribution is 2.34. The topological polar surface area (TPSA) is 86.4 Å². The average molecular weight is 519 g/mol. The van der Waals surface area contributed by atoms with Gasteiger partial charge in [-0.05, 0) is 88.5 Å². The summed E-state index contributed by atoms with van der Waals surface area (Å²) in [5.41, 5.74) is 2.33. The predicted molar refractivity (Wildman–Crippen MR) is 146 cm³/mol. The molecule has 0 bridgehead atoms. The van der Waals surface area contributed by atoms with Gasteiger partial charge < -0.3 is 9.80 Å². The Kier molecular flexibility index (Phi) is 7.58. The highest BCUT2D eigenvalue weighted by atomic mass is 32.2. The normalized spacial score (nSPS) is 15.8. The van der Waals surface area contributed by atoms with E-state index in [4.69, 9.17) is 0 Å². The van der Waals surface area contributed by atoms with E-state index in [9.17, 15) is 18.5 Å². The summed E-state index contributed by atoms with van der Waals surface area (Å²) < 4.78 is 28.8. The van der Waals surface area contributed by atoms with Crippen molar-refractivity contribution < 1.29 is 13.2 Å². The summed E-state index contributed by atoms with van der Waals surface area (Å²) >= 11 is 0. The van der Waals surface area contributed by atoms with E-state index in [1.54, 1.807) is 55.4 Å². The van der Waals surface area contributed by atoms with Crippen LogP contribution in [0.25, 0.3) is 10.9 Å². The van der Waals surface area contributed by atoms with Crippen molar-refractivity contribution in [1.29, 1.82) is 5.26 Å². The minimum atomic E-state index is -4.10. The van der Waals surface area contributed by atoms with Gasteiger partial charge in [-0.2, -0.15) is 5.26 Å². The van der Waals surface area contributed by atoms with Crippen molar-refractivity contribution in [2.45, 2.75) is 50.5 Å². The third-order valence-corrected chi connectivity index (χ3v) is 8.80. The van der Waals surface area contributed by atoms with Crippen LogP contribution < -0.4 is 0 Å². The molecule has 4 rings (SSSR count). The fraction of sp³-hybridized carbons (Fsp3) is 0.379. The highest BCUT2D eigenvalue weighted by molar-refractivity contribution is 7.90. The van der Waals surface area contributed by atoms with Gasteiger partial charge in [0.25, 0.3) is 10.0 Å². The third kappa shape index (κ3) is 5.34. The Labute approximate surface area is 219 Å². The van der Waals surface area contributed by atoms with E-state index in [-0.39, 0.29) is 16.2 Å². The molecule has 1 aliphatic rings. The summed E-state index contributed by atoms with van der Waals surface area (Å²) in [6.07, 6.45) is 3.47. The van der Waals surface area contributed by atoms with Crippen LogP contribution in [0.1, 0.15) is 54.2 Å². The van der Waals surface area contributed by atoms with E-state index >= 15 is 0 Å². The van der Waals surface area contributed by atoms with Crippen LogP contribution in [0.15, 0.2) is 65.2 Å². The largest absolute Gasteiger partial charge is 0.382 e. The van der Waals surface area contributed by atoms with Crippen LogP contribution in [0, 0.1) is 18.3 Å². The molecule has 2 aromatic carbocycles. The van der Waals surface area contributed by atoms with Crippen molar-refractivity contribution in [2.24, 2.45) is 0 Å². The first-order valence-corrected chi connectivity index (χ1v) is 14.0. The quantitative estimate of drug-likeness (QED) is 0.251. The molecule has 194 valence electrons. The minimum absolute atomic E-state index is 0.0444. The lowest BCUT2D eigenvalue weighted by molar-refractivity contribution is 0.103. The molecular formula is C29H34N4O3S. The summed E-state index contributed by atoms with van der Waals surface area (Å²) in [5, 5.41) is 10.3. The lowest BCUT2D eigenvalue weighted by Crippen LogP contribution is -2.37. The number of aromatic nitrogens is 1. The SMILES string of the molecule is Cc1ccc(S(=O)(=O)n2c(C(=O)C(C#N)=CN(C)C)cc3cc(C4CCN(C(C)C)CC4)ccc32)cc1. The Morgan fingerprint density at radius 2 is 1.73 bits per heavy atom. The maximum absolute atomic E-state index is 13.9. The number of rotatable bonds is 7. The second kappa shape index (κ2) is 10.5. The van der Waals surface area contributed by atoms with E-state index < -0.39 is 15.8 Å². The number of nitriles is 1. The van der Waals surface area contributed by atoms with Gasteiger partial charge in [0.2, 0.25) is 5.78 Å². The van der Waals surface area contributed by atoms with Gasteiger partial charge in [0, 0.05) is 31.7 Å². The number of hydrogen-bond donors (Lipinski definition) is 0. The number of carbonyl (C=O) groups is 1. The number of carbonyl (C=O) groups excluding carboxylic acids is 1. The summed E-state index contributed by atoms with van der Waals surface area (Å²) in [7, 11) is -0.684. The fourth-order valence-corrected chi connectivity index (χ4v) is 6.49. The van der Waals surface area contributed by atoms with Crippen LogP contribution in [-0.2, 0) is 10.0 Å². The van der Waals surface area contributed by atoms with Gasteiger partial charge in [0.05, 0.1) is 10.4 Å². The Hall–Kier alpha value is -3.41. The van der Waals surface area contributed by atoms with Crippen LogP contribution >= 0.6 is 0 Å². The van der Waals surface area contributed by atoms with Crippen molar-refractivity contribution in [3.05, 3.63) is 77.1 Å². The Morgan fingerprint density at radius 3 is 2.30 bits per heavy atom. The van der Waals surface area contributed by atoms with E-state index in [0.29, 0.717) is 22.9 Å². The molecule has 0 saturated carbocycles. The molecule has 1 fully saturated rings. The van der Waals surface area contributed by atoms with E-state index in [1.165, 1.54) is 6.20 Å². The fourth-order valence-electron chi connectivity index (χ4n) is 4.98. The zero-order valence-corrected chi connectivity index (χ0v) is 22.9. The zero-order valence-electron chi connectivity index (χ0n) is 22.1. The molecule has 0 atom stereocenters. The number of aryl methyl sites for hydroxylation is 1. The third-order valence-electron chi connectivity index (χ3n) is 7.06. The molecule has 0 N–H and O–H groups in total. The van der Waals surface area contributed by atoms with Crippen molar-refractivity contribution >= 4 is 26.7 Å². The molecule has 0 spiro atoms. The number of likely N-dealkylation sites (tertiary alicyclic amines) is 1. The predicted octanol–water partition coefficient (Wildman–Crippen LogP) is 4.93. The number of piperidine rings is 1. The number of fused-ring (bicyclic) bond motifs is 1. The van der Waals surface area contributed by atoms with E-state index in [2.05, 4.69) is 18.7 Å². The number of nitrogens with zero attached hydrogens (tertiary/aromatic N) is 4. The first-order valence-electron chi connectivity index (χ1n) is 12.6. The number of Topliss-reactive ketones (excluding diaryl/α,β-unsaturated/α-hetero) is 1. The lowest BCUT2D eigenvalue weighted by Gasteiger charge is -2.34. The molecule has 0 aliphatic carbocycles. The molecule has 1 aliphatic heterocycles. The molecule has 0 radical (unpaired) electrons. The maximum Gasteiger partial charge on any atom is 0.268 e. The summed E-state index contributed by atoms with van der Waals surface area (Å²) in [5.74, 6) is -0.256. The first-order chi connectivity index (χ1) is 17.5. The second-order valence-electron chi connectivity index (χ2n) is 10.3. The van der Waals surface area contributed by atoms with E-state index in [0.717, 1.165) is 41.0 Å². The van der Waals surface area contributed by atoms with Crippen LogP contribution in [0.4, 0.5) is 0 Å². The van der Waals surface area contributed by atoms with Crippen molar-refractivity contribution in [3.8, 4) is 6.07 Å². The Morgan fingerprint density at radius 1 is 1.08 bits per heavy atom. The van der Waals surface area contributed by atoms with Gasteiger partial charge in [0.15, 0.2) is 0 Å². The molecule has 8 heteroatoms. The second-order valence-corrected chi connectivity index (χ2v) is 12.1. The van der Waals surface area contributed by atoms with Gasteiger partial charge in [-0.15, -0.1) is 0 Å². The summed E-state index contributed by atoms with van der Waals surface area (Å²) in [4.78, 5) is 17.7. The van der Waals surface area contributed by atoms with Crippen LogP contribution in [-0.4, -0.2) is 61.2 Å². The monoisotopic (exact) mass is 518 g/mol. The summed E-state index contributed by atoms with van der Waals surface area (Å²) in [6, 6.07) is 16.4. The van der Waals surface area contributed by atoms with Gasteiger partial charge in [-0.25, -0.2) is 12.4 Å². The standard InChI is InChI=1S/C29H34N4O3S/c1-20(2)32-14-12-22(13-15-32)23-8-11-27-24(16-23)17-28(29(34)25(18-30)19-31(4)5)33(27)37(35,36)26-9-6-21(3)7-10-26/h6-11,16-17,19-20,22H,12-15H2,1-5H3. The molecule has 0 amide bonds. The van der Waals surface area contributed by atoms with Crippen molar-refractivity contribution in [2.75, 3.05) is 27.2 Å². The van der Waals surface area contributed by atoms with Crippen LogP contribution in [0.3, 0.4) is 0 Å². The Balaban J connectivity index is 1.85. The molecule has 37 heavy (non-hydrogen) atoms.